The highest BCUT2D eigenvalue weighted by molar-refractivity contribution is 6.76. The summed E-state index contributed by atoms with van der Waals surface area (Å²) in [5.41, 5.74) is 8.34. The molecule has 0 saturated carbocycles. The zero-order valence-corrected chi connectivity index (χ0v) is 61.8. The smallest absolute Gasteiger partial charge is 0.321 e. The monoisotopic (exact) mass is 1450 g/mol. The first-order chi connectivity index (χ1) is 50.3. The van der Waals surface area contributed by atoms with Crippen LogP contribution in [-0.4, -0.2) is 178 Å². The molecule has 0 spiro atoms. The summed E-state index contributed by atoms with van der Waals surface area (Å²) < 4.78 is 32.9. The average Bonchev–Trinajstić information content (AvgIpc) is 1.77. The number of aromatic amines is 1. The van der Waals surface area contributed by atoms with Crippen LogP contribution in [0.4, 0.5) is 0 Å². The van der Waals surface area contributed by atoms with Crippen LogP contribution < -0.4 is 19.5 Å². The van der Waals surface area contributed by atoms with Crippen molar-refractivity contribution in [2.75, 3.05) is 52.5 Å². The number of benzene rings is 6. The topological polar surface area (TPSA) is 284 Å². The van der Waals surface area contributed by atoms with Gasteiger partial charge in [-0.05, 0) is 154 Å². The molecule has 15 rings (SSSR count). The molecule has 3 aliphatic heterocycles. The van der Waals surface area contributed by atoms with E-state index >= 15 is 0 Å². The fourth-order valence-corrected chi connectivity index (χ4v) is 13.5. The number of aliphatic hydroxyl groups is 3. The van der Waals surface area contributed by atoms with Crippen molar-refractivity contribution < 1.29 is 43.8 Å². The van der Waals surface area contributed by atoms with E-state index in [0.717, 1.165) is 169 Å². The highest BCUT2D eigenvalue weighted by Crippen LogP contribution is 2.31. The summed E-state index contributed by atoms with van der Waals surface area (Å²) in [5, 5.41) is 53.2. The minimum absolute atomic E-state index is 0. The highest BCUT2D eigenvalue weighted by Gasteiger charge is 2.23. The molecule has 9 heterocycles. The molecule has 0 bridgehead atoms. The van der Waals surface area contributed by atoms with Gasteiger partial charge >= 0.3 is 18.0 Å². The van der Waals surface area contributed by atoms with Gasteiger partial charge in [-0.25, -0.2) is 39.3 Å². The minimum atomic E-state index is -1.12. The zero-order chi connectivity index (χ0) is 72.4. The number of carbonyl (C=O) groups excluding carboxylic acids is 1. The molecule has 0 aliphatic carbocycles. The Labute approximate surface area is 614 Å². The fourth-order valence-electron chi connectivity index (χ4n) is 12.0. The van der Waals surface area contributed by atoms with Gasteiger partial charge in [0.25, 0.3) is 0 Å². The van der Waals surface area contributed by atoms with E-state index in [9.17, 15) is 15.0 Å². The van der Waals surface area contributed by atoms with Crippen molar-refractivity contribution in [3.05, 3.63) is 200 Å². The van der Waals surface area contributed by atoms with Gasteiger partial charge in [-0.1, -0.05) is 101 Å². The number of hydrogen-bond acceptors (Lipinski definition) is 21. The number of nitrogens with one attached hydrogen (secondary N) is 2. The first kappa shape index (κ1) is 76.3. The third-order valence-electron chi connectivity index (χ3n) is 17.8. The molecular weight excluding hydrogens is 1360 g/mol. The van der Waals surface area contributed by atoms with Crippen molar-refractivity contribution in [1.82, 2.24) is 74.8 Å². The molecular formula is C79H95N15O9Si2. The number of likely N-dealkylation sites (tertiary alicyclic amines) is 2. The highest BCUT2D eigenvalue weighted by atomic mass is 28.3. The Kier molecular flexibility index (Phi) is 26.3. The quantitative estimate of drug-likeness (QED) is 0.0213. The third kappa shape index (κ3) is 22.6. The number of carbonyl (C=O) groups is 1. The van der Waals surface area contributed by atoms with E-state index < -0.39 is 16.1 Å². The number of H-pyrrole nitrogens is 1. The Bertz CT molecular complexity index is 4720. The molecule has 26 heteroatoms. The number of aromatic nitrogens is 12. The van der Waals surface area contributed by atoms with E-state index in [1.54, 1.807) is 66.5 Å². The van der Waals surface area contributed by atoms with E-state index in [1.807, 2.05) is 83.5 Å². The van der Waals surface area contributed by atoms with Gasteiger partial charge in [0, 0.05) is 153 Å². The zero-order valence-electron chi connectivity index (χ0n) is 59.8. The SMILES string of the molecule is C.C[Si](C)(C)CCOCn1nccc1-c1cnc(Oc2ccc3cc(C=O)ccc3c2)nc1.C[Si](C)(C)CCOCn1nccc1-c1cnc(Oc2ccc3cc(CN4CC[C@@H](O)C4)ccc3c2)nc1.O[C@@H]1CCN(Cc2ccc3cc(Oc4ncc(-c5ccn[nH]5)cn4)ccc3c2)C1.O[C@@H]1CCNC1. The first-order valence-corrected chi connectivity index (χ1v) is 42.7. The number of hydrogen-bond donors (Lipinski definition) is 5. The number of aldehydes is 1. The summed E-state index contributed by atoms with van der Waals surface area (Å²) in [6, 6.07) is 44.8. The van der Waals surface area contributed by atoms with Crippen LogP contribution in [0.2, 0.25) is 51.4 Å². The normalized spacial score (nSPS) is 16.0. The number of rotatable bonds is 24. The summed E-state index contributed by atoms with van der Waals surface area (Å²) in [7, 11) is -2.24. The first-order valence-electron chi connectivity index (χ1n) is 35.3. The van der Waals surface area contributed by atoms with Crippen LogP contribution in [0.1, 0.15) is 48.2 Å². The van der Waals surface area contributed by atoms with Crippen molar-refractivity contribution in [1.29, 1.82) is 0 Å². The molecule has 3 aliphatic rings. The second-order valence-electron chi connectivity index (χ2n) is 28.7. The van der Waals surface area contributed by atoms with Crippen LogP contribution in [0.3, 0.4) is 0 Å². The Morgan fingerprint density at radius 2 is 0.905 bits per heavy atom. The molecule has 12 aromatic rings. The molecule has 3 fully saturated rings. The molecule has 5 N–H and O–H groups in total. The van der Waals surface area contributed by atoms with E-state index in [-0.39, 0.29) is 31.7 Å². The fraction of sp³-hybridized carbons (Fsp3) is 0.342. The number of fused-ring (bicyclic) bond motifs is 3. The van der Waals surface area contributed by atoms with Gasteiger partial charge in [-0.3, -0.25) is 19.7 Å². The van der Waals surface area contributed by atoms with Gasteiger partial charge in [-0.2, -0.15) is 15.3 Å². The van der Waals surface area contributed by atoms with Crippen LogP contribution in [0.5, 0.6) is 35.3 Å². The van der Waals surface area contributed by atoms with Crippen molar-refractivity contribution in [3.8, 4) is 69.1 Å². The number of β-amino-alcohol motifs (C(OH)–C–C–N with tert-alkyl or cyclic N) is 3. The standard InChI is InChI=1S/C28H35N5O3Si.C24H26N4O3Si.C22H21N5O2.C4H9NO.CH4/c1-37(2,3)13-12-35-20-33-27(8-10-31-33)24-16-29-28(30-17-24)36-26-7-6-22-14-21(4-5-23(22)15-26)18-32-11-9-25(34)19-32;1-32(2,3)11-10-30-17-28-23(8-9-27-28)21-14-25-24(26-15-21)31-22-7-6-19-12-18(16-29)4-5-20(19)13-22;28-19-6-8-27(14-19)13-15-1-2-17-10-20(4-3-16(17)9-15)29-22-23-11-18(12-24-22)21-5-7-25-26-21;6-4-1-2-5-3-4;/h4-8,10,14-17,25,34H,9,11-13,18-20H2,1-3H3;4-9,12-16H,10-11,17H2,1-3H3;1-5,7,9-12,19,28H,6,8,13-14H2,(H,25,26);4-6H,1-3H2;1H4/t25-;;19-;4-;/m1.11./s1. The maximum absolute atomic E-state index is 10.9. The van der Waals surface area contributed by atoms with E-state index in [2.05, 4.69) is 147 Å². The van der Waals surface area contributed by atoms with Crippen molar-refractivity contribution in [3.63, 3.8) is 0 Å². The van der Waals surface area contributed by atoms with Gasteiger partial charge in [0.05, 0.1) is 35.4 Å². The van der Waals surface area contributed by atoms with E-state index in [4.69, 9.17) is 28.8 Å². The van der Waals surface area contributed by atoms with E-state index in [1.165, 1.54) is 11.1 Å². The third-order valence-corrected chi connectivity index (χ3v) is 21.2. The Hall–Kier alpha value is -9.85. The van der Waals surface area contributed by atoms with Gasteiger partial charge in [-0.15, -0.1) is 0 Å². The van der Waals surface area contributed by atoms with Crippen LogP contribution >= 0.6 is 0 Å². The van der Waals surface area contributed by atoms with Crippen molar-refractivity contribution in [2.45, 2.75) is 123 Å². The molecule has 24 nitrogen and oxygen atoms in total. The lowest BCUT2D eigenvalue weighted by atomic mass is 10.1. The molecule has 105 heavy (non-hydrogen) atoms. The molecule has 6 aromatic carbocycles. The number of ether oxygens (including phenoxy) is 5. The maximum atomic E-state index is 10.9. The van der Waals surface area contributed by atoms with Gasteiger partial charge < -0.3 is 44.3 Å². The average molecular weight is 1450 g/mol. The predicted molar refractivity (Wildman–Crippen MR) is 414 cm³/mol. The van der Waals surface area contributed by atoms with Gasteiger partial charge in [0.2, 0.25) is 0 Å². The van der Waals surface area contributed by atoms with Crippen molar-refractivity contribution >= 4 is 54.8 Å². The lowest BCUT2D eigenvalue weighted by molar-refractivity contribution is 0.0797. The van der Waals surface area contributed by atoms with Crippen molar-refractivity contribution in [2.24, 2.45) is 0 Å². The minimum Gasteiger partial charge on any atom is -0.424 e. The molecule has 548 valence electrons. The number of nitrogens with zero attached hydrogens (tertiary/aromatic N) is 13. The lowest BCUT2D eigenvalue weighted by Crippen LogP contribution is -2.22. The van der Waals surface area contributed by atoms with Gasteiger partial charge in [0.15, 0.2) is 0 Å². The van der Waals surface area contributed by atoms with Crippen LogP contribution in [0.25, 0.3) is 66.1 Å². The lowest BCUT2D eigenvalue weighted by Gasteiger charge is -2.16. The Morgan fingerprint density at radius 3 is 1.28 bits per heavy atom. The summed E-state index contributed by atoms with van der Waals surface area (Å²) in [4.78, 5) is 41.6. The predicted octanol–water partition coefficient (Wildman–Crippen LogP) is 13.9. The summed E-state index contributed by atoms with van der Waals surface area (Å²) in [5.74, 6) is 2.02. The molecule has 3 saturated heterocycles. The van der Waals surface area contributed by atoms with Crippen LogP contribution in [-0.2, 0) is 36.0 Å². The maximum Gasteiger partial charge on any atom is 0.321 e. The molecule has 3 atom stereocenters. The molecule has 0 unspecified atom stereocenters. The molecule has 0 amide bonds. The van der Waals surface area contributed by atoms with Gasteiger partial charge in [0.1, 0.15) is 37.0 Å². The van der Waals surface area contributed by atoms with Crippen LogP contribution in [0, 0.1) is 0 Å². The summed E-state index contributed by atoms with van der Waals surface area (Å²) in [6.07, 6.45) is 18.6. The van der Waals surface area contributed by atoms with Crippen LogP contribution in [0.15, 0.2) is 183 Å². The van der Waals surface area contributed by atoms with E-state index in [0.29, 0.717) is 48.3 Å². The molecule has 6 aromatic heterocycles. The Morgan fingerprint density at radius 1 is 0.486 bits per heavy atom. The second kappa shape index (κ2) is 36.2. The second-order valence-corrected chi connectivity index (χ2v) is 40.0. The summed E-state index contributed by atoms with van der Waals surface area (Å²) in [6.45, 7) is 23.2. The Balaban J connectivity index is 0.000000151. The number of aliphatic hydroxyl groups excluding tert-OH is 3. The summed E-state index contributed by atoms with van der Waals surface area (Å²) >= 11 is 0. The molecule has 0 radical (unpaired) electrons. The largest absolute Gasteiger partial charge is 0.424 e.